The number of hydrogen-bond donors (Lipinski definition) is 0. The molecule has 1 heterocycles. The summed E-state index contributed by atoms with van der Waals surface area (Å²) in [6.45, 7) is 4.18. The van der Waals surface area contributed by atoms with Gasteiger partial charge < -0.3 is 13.9 Å². The van der Waals surface area contributed by atoms with Gasteiger partial charge in [-0.2, -0.15) is 0 Å². The summed E-state index contributed by atoms with van der Waals surface area (Å²) in [6, 6.07) is 11.9. The van der Waals surface area contributed by atoms with Crippen molar-refractivity contribution in [3.05, 3.63) is 71.6 Å². The van der Waals surface area contributed by atoms with Crippen LogP contribution in [0.15, 0.2) is 70.4 Å². The van der Waals surface area contributed by atoms with E-state index in [1.807, 2.05) is 6.08 Å². The highest BCUT2D eigenvalue weighted by molar-refractivity contribution is 5.84. The Labute approximate surface area is 165 Å². The average molecular weight is 404 g/mol. The van der Waals surface area contributed by atoms with Crippen LogP contribution in [0.1, 0.15) is 19.3 Å². The quantitative estimate of drug-likeness (QED) is 0.259. The van der Waals surface area contributed by atoms with Gasteiger partial charge in [0.15, 0.2) is 0 Å². The molecule has 0 aliphatic rings. The topological polar surface area (TPSA) is 48.7 Å². The van der Waals surface area contributed by atoms with Crippen LogP contribution >= 0.6 is 0 Å². The zero-order valence-electron chi connectivity index (χ0n) is 15.5. The van der Waals surface area contributed by atoms with Crippen molar-refractivity contribution < 1.29 is 27.1 Å². The lowest BCUT2D eigenvalue weighted by atomic mass is 10.0. The van der Waals surface area contributed by atoms with Crippen LogP contribution in [0.4, 0.5) is 13.2 Å². The van der Waals surface area contributed by atoms with Crippen molar-refractivity contribution in [1.82, 2.24) is 0 Å². The van der Waals surface area contributed by atoms with Gasteiger partial charge in [0.1, 0.15) is 17.1 Å². The molecule has 4 nitrogen and oxygen atoms in total. The van der Waals surface area contributed by atoms with Gasteiger partial charge in [-0.3, -0.25) is 0 Å². The Balaban J connectivity index is 1.89. The van der Waals surface area contributed by atoms with Crippen molar-refractivity contribution in [2.75, 3.05) is 6.61 Å². The summed E-state index contributed by atoms with van der Waals surface area (Å²) in [5.74, 6) is 0.0823. The van der Waals surface area contributed by atoms with Crippen LogP contribution in [0, 0.1) is 0 Å². The van der Waals surface area contributed by atoms with Gasteiger partial charge in [-0.05, 0) is 43.5 Å². The number of para-hydroxylation sites is 1. The highest BCUT2D eigenvalue weighted by Crippen LogP contribution is 2.33. The second kappa shape index (κ2) is 8.86. The molecule has 3 rings (SSSR count). The summed E-state index contributed by atoms with van der Waals surface area (Å²) < 4.78 is 53.0. The van der Waals surface area contributed by atoms with Crippen LogP contribution in [0.25, 0.3) is 22.1 Å². The number of allylic oxidation sites excluding steroid dienone is 1. The minimum absolute atomic E-state index is 0.00280. The van der Waals surface area contributed by atoms with Gasteiger partial charge in [0.05, 0.1) is 12.2 Å². The Morgan fingerprint density at radius 1 is 1.03 bits per heavy atom. The first-order chi connectivity index (χ1) is 13.9. The number of fused-ring (bicyclic) bond motifs is 1. The SMILES string of the molecule is C=CCCCCOc1ccc2cc(-c3ccccc3OC(F)(F)F)c(=O)oc2c1. The second-order valence-corrected chi connectivity index (χ2v) is 6.32. The largest absolute Gasteiger partial charge is 0.573 e. The van der Waals surface area contributed by atoms with Gasteiger partial charge in [-0.15, -0.1) is 19.8 Å². The third kappa shape index (κ3) is 5.40. The molecule has 7 heteroatoms. The molecule has 0 atom stereocenters. The molecule has 2 aromatic carbocycles. The number of hydrogen-bond acceptors (Lipinski definition) is 4. The highest BCUT2D eigenvalue weighted by Gasteiger charge is 2.32. The van der Waals surface area contributed by atoms with E-state index in [0.29, 0.717) is 17.7 Å². The Hall–Kier alpha value is -3.22. The van der Waals surface area contributed by atoms with E-state index in [2.05, 4.69) is 11.3 Å². The van der Waals surface area contributed by atoms with E-state index < -0.39 is 17.7 Å². The standard InChI is InChI=1S/C22H19F3O4/c1-2-3-4-7-12-27-16-11-10-15-13-18(21(26)28-20(15)14-16)17-8-5-6-9-19(17)29-22(23,24)25/h2,5-6,8-11,13-14H,1,3-4,7,12H2. The molecule has 0 unspecified atom stereocenters. The van der Waals surface area contributed by atoms with Gasteiger partial charge in [0, 0.05) is 17.0 Å². The lowest BCUT2D eigenvalue weighted by Gasteiger charge is -2.13. The minimum Gasteiger partial charge on any atom is -0.493 e. The maximum absolute atomic E-state index is 12.7. The third-order valence-corrected chi connectivity index (χ3v) is 4.18. The molecule has 0 bridgehead atoms. The van der Waals surface area contributed by atoms with Crippen LogP contribution in [-0.4, -0.2) is 13.0 Å². The number of ether oxygens (including phenoxy) is 2. The number of benzene rings is 2. The van der Waals surface area contributed by atoms with E-state index in [-0.39, 0.29) is 16.7 Å². The van der Waals surface area contributed by atoms with Crippen LogP contribution in [0.5, 0.6) is 11.5 Å². The van der Waals surface area contributed by atoms with Crippen molar-refractivity contribution in [2.24, 2.45) is 0 Å². The molecule has 0 saturated heterocycles. The normalized spacial score (nSPS) is 11.4. The molecule has 3 aromatic rings. The fourth-order valence-electron chi connectivity index (χ4n) is 2.85. The van der Waals surface area contributed by atoms with E-state index in [1.54, 1.807) is 18.2 Å². The fraction of sp³-hybridized carbons (Fsp3) is 0.227. The molecule has 0 spiro atoms. The first kappa shape index (κ1) is 20.5. The van der Waals surface area contributed by atoms with Gasteiger partial charge >= 0.3 is 12.0 Å². The Morgan fingerprint density at radius 3 is 2.59 bits per heavy atom. The molecule has 0 aliphatic carbocycles. The maximum atomic E-state index is 12.7. The number of alkyl halides is 3. The maximum Gasteiger partial charge on any atom is 0.573 e. The molecule has 1 aromatic heterocycles. The molecule has 29 heavy (non-hydrogen) atoms. The lowest BCUT2D eigenvalue weighted by Crippen LogP contribution is -2.18. The monoisotopic (exact) mass is 404 g/mol. The van der Waals surface area contributed by atoms with Gasteiger partial charge in [0.25, 0.3) is 0 Å². The predicted molar refractivity (Wildman–Crippen MR) is 104 cm³/mol. The summed E-state index contributed by atoms with van der Waals surface area (Å²) in [5.41, 5.74) is -0.492. The average Bonchev–Trinajstić information content (AvgIpc) is 2.66. The molecule has 0 aliphatic heterocycles. The zero-order valence-corrected chi connectivity index (χ0v) is 15.5. The van der Waals surface area contributed by atoms with E-state index in [1.165, 1.54) is 24.3 Å². The summed E-state index contributed by atoms with van der Waals surface area (Å²) in [6.07, 6.45) is -0.276. The van der Waals surface area contributed by atoms with E-state index in [4.69, 9.17) is 9.15 Å². The lowest BCUT2D eigenvalue weighted by molar-refractivity contribution is -0.274. The molecular formula is C22H19F3O4. The fourth-order valence-corrected chi connectivity index (χ4v) is 2.85. The molecule has 0 fully saturated rings. The molecular weight excluding hydrogens is 385 g/mol. The van der Waals surface area contributed by atoms with Crippen LogP contribution in [0.3, 0.4) is 0 Å². The van der Waals surface area contributed by atoms with Gasteiger partial charge in [0.2, 0.25) is 0 Å². The Bertz CT molecular complexity index is 1050. The zero-order chi connectivity index (χ0) is 20.9. The first-order valence-corrected chi connectivity index (χ1v) is 9.04. The van der Waals surface area contributed by atoms with Crippen LogP contribution in [0.2, 0.25) is 0 Å². The molecule has 0 radical (unpaired) electrons. The molecule has 0 N–H and O–H groups in total. The first-order valence-electron chi connectivity index (χ1n) is 9.04. The van der Waals surface area contributed by atoms with Crippen molar-refractivity contribution in [2.45, 2.75) is 25.6 Å². The summed E-state index contributed by atoms with van der Waals surface area (Å²) >= 11 is 0. The number of halogens is 3. The van der Waals surface area contributed by atoms with Crippen LogP contribution < -0.4 is 15.1 Å². The van der Waals surface area contributed by atoms with Crippen molar-refractivity contribution in [3.8, 4) is 22.6 Å². The summed E-state index contributed by atoms with van der Waals surface area (Å²) in [5, 5.41) is 0.556. The molecule has 0 saturated carbocycles. The molecule has 152 valence electrons. The van der Waals surface area contributed by atoms with E-state index >= 15 is 0 Å². The van der Waals surface area contributed by atoms with Crippen molar-refractivity contribution in [3.63, 3.8) is 0 Å². The highest BCUT2D eigenvalue weighted by atomic mass is 19.4. The van der Waals surface area contributed by atoms with Crippen LogP contribution in [-0.2, 0) is 0 Å². The summed E-state index contributed by atoms with van der Waals surface area (Å²) in [4.78, 5) is 12.4. The molecule has 0 amide bonds. The third-order valence-electron chi connectivity index (χ3n) is 4.18. The predicted octanol–water partition coefficient (Wildman–Crippen LogP) is 6.09. The second-order valence-electron chi connectivity index (χ2n) is 6.32. The van der Waals surface area contributed by atoms with E-state index in [9.17, 15) is 18.0 Å². The smallest absolute Gasteiger partial charge is 0.493 e. The number of rotatable bonds is 8. The Kier molecular flexibility index (Phi) is 6.26. The van der Waals surface area contributed by atoms with Gasteiger partial charge in [-0.1, -0.05) is 24.3 Å². The van der Waals surface area contributed by atoms with Gasteiger partial charge in [-0.25, -0.2) is 4.79 Å². The number of unbranched alkanes of at least 4 members (excludes halogenated alkanes) is 2. The minimum atomic E-state index is -4.87. The van der Waals surface area contributed by atoms with Crippen molar-refractivity contribution >= 4 is 11.0 Å². The summed E-state index contributed by atoms with van der Waals surface area (Å²) in [7, 11) is 0. The van der Waals surface area contributed by atoms with Crippen molar-refractivity contribution in [1.29, 1.82) is 0 Å². The Morgan fingerprint density at radius 2 is 1.83 bits per heavy atom. The van der Waals surface area contributed by atoms with E-state index in [0.717, 1.165) is 25.3 Å².